The number of aromatic nitrogens is 3. The molecule has 0 aliphatic rings. The van der Waals surface area contributed by atoms with Gasteiger partial charge < -0.3 is 4.74 Å². The van der Waals surface area contributed by atoms with Crippen LogP contribution in [0.5, 0.6) is 5.75 Å². The Morgan fingerprint density at radius 1 is 0.964 bits per heavy atom. The number of hydrogen-bond acceptors (Lipinski definition) is 5. The van der Waals surface area contributed by atoms with Crippen LogP contribution in [0.25, 0.3) is 33.5 Å². The molecule has 0 aliphatic carbocycles. The molecule has 0 atom stereocenters. The number of aromatic amines is 1. The maximum atomic E-state index is 5.72. The van der Waals surface area contributed by atoms with Crippen LogP contribution in [-0.4, -0.2) is 22.3 Å². The topological polar surface area (TPSA) is 76.8 Å². The second kappa shape index (κ2) is 7.88. The smallest absolute Gasteiger partial charge is 0.127 e. The number of benzene rings is 2. The van der Waals surface area contributed by atoms with E-state index in [0.717, 1.165) is 49.9 Å². The third kappa shape index (κ3) is 3.40. The van der Waals surface area contributed by atoms with Gasteiger partial charge in [-0.15, -0.1) is 0 Å². The molecule has 0 amide bonds. The monoisotopic (exact) mass is 388 g/mol. The summed E-state index contributed by atoms with van der Waals surface area (Å²) in [7, 11) is 1.69. The fraction of sp³-hybridized carbons (Fsp3) is 0.0909. The molecule has 0 bridgehead atoms. The average molecular weight is 388 g/mol. The first kappa shape index (κ1) is 18.3. The average Bonchev–Trinajstić information content (AvgIpc) is 3.15. The normalized spacial score (nSPS) is 10.8. The van der Waals surface area contributed by atoms with Crippen LogP contribution in [-0.2, 0) is 0 Å². The first-order chi connectivity index (χ1) is 13.7. The lowest BCUT2D eigenvalue weighted by Gasteiger charge is -2.12. The highest BCUT2D eigenvalue weighted by molar-refractivity contribution is 7.97. The SMILES string of the molecule is COc1cc(-c2c(-c3ccncc3)n[nH]c2C)ccc1-c1cccc(SN)c1. The van der Waals surface area contributed by atoms with Crippen molar-refractivity contribution >= 4 is 11.9 Å². The summed E-state index contributed by atoms with van der Waals surface area (Å²) < 4.78 is 5.72. The Morgan fingerprint density at radius 3 is 2.54 bits per heavy atom. The quantitative estimate of drug-likeness (QED) is 0.466. The van der Waals surface area contributed by atoms with Gasteiger partial charge in [0.2, 0.25) is 0 Å². The third-order valence-corrected chi connectivity index (χ3v) is 5.20. The van der Waals surface area contributed by atoms with E-state index >= 15 is 0 Å². The molecule has 4 rings (SSSR count). The number of ether oxygens (including phenoxy) is 1. The van der Waals surface area contributed by atoms with E-state index < -0.39 is 0 Å². The van der Waals surface area contributed by atoms with Crippen molar-refractivity contribution in [2.45, 2.75) is 11.8 Å². The Morgan fingerprint density at radius 2 is 1.79 bits per heavy atom. The van der Waals surface area contributed by atoms with Crippen molar-refractivity contribution in [3.8, 4) is 39.3 Å². The minimum absolute atomic E-state index is 0.804. The Hall–Kier alpha value is -3.09. The van der Waals surface area contributed by atoms with E-state index in [1.165, 1.54) is 11.9 Å². The summed E-state index contributed by atoms with van der Waals surface area (Å²) in [6.45, 7) is 2.02. The Labute approximate surface area is 168 Å². The number of nitrogens with one attached hydrogen (secondary N) is 1. The highest BCUT2D eigenvalue weighted by atomic mass is 32.2. The van der Waals surface area contributed by atoms with Crippen molar-refractivity contribution in [2.24, 2.45) is 5.14 Å². The molecule has 5 nitrogen and oxygen atoms in total. The number of pyridine rings is 1. The summed E-state index contributed by atoms with van der Waals surface area (Å²) in [6.07, 6.45) is 3.55. The van der Waals surface area contributed by atoms with Crippen LogP contribution in [0.15, 0.2) is 71.9 Å². The summed E-state index contributed by atoms with van der Waals surface area (Å²) in [5.74, 6) is 0.804. The second-order valence-electron chi connectivity index (χ2n) is 6.37. The van der Waals surface area contributed by atoms with Crippen molar-refractivity contribution in [3.05, 3.63) is 72.7 Å². The van der Waals surface area contributed by atoms with Crippen molar-refractivity contribution in [2.75, 3.05) is 7.11 Å². The van der Waals surface area contributed by atoms with Gasteiger partial charge >= 0.3 is 0 Å². The molecule has 3 N–H and O–H groups in total. The zero-order valence-electron chi connectivity index (χ0n) is 15.6. The van der Waals surface area contributed by atoms with Crippen molar-refractivity contribution in [1.82, 2.24) is 15.2 Å². The predicted octanol–water partition coefficient (Wildman–Crippen LogP) is 5.09. The molecule has 0 saturated carbocycles. The van der Waals surface area contributed by atoms with E-state index in [1.54, 1.807) is 19.5 Å². The minimum Gasteiger partial charge on any atom is -0.496 e. The van der Waals surface area contributed by atoms with Gasteiger partial charge in [0.1, 0.15) is 11.4 Å². The van der Waals surface area contributed by atoms with Crippen LogP contribution >= 0.6 is 11.9 Å². The highest BCUT2D eigenvalue weighted by Gasteiger charge is 2.16. The van der Waals surface area contributed by atoms with E-state index in [9.17, 15) is 0 Å². The van der Waals surface area contributed by atoms with Crippen LogP contribution in [0.1, 0.15) is 5.69 Å². The largest absolute Gasteiger partial charge is 0.496 e. The van der Waals surface area contributed by atoms with Crippen molar-refractivity contribution < 1.29 is 4.74 Å². The zero-order valence-corrected chi connectivity index (χ0v) is 16.5. The first-order valence-corrected chi connectivity index (χ1v) is 9.70. The van der Waals surface area contributed by atoms with Crippen LogP contribution in [0.2, 0.25) is 0 Å². The highest BCUT2D eigenvalue weighted by Crippen LogP contribution is 2.38. The summed E-state index contributed by atoms with van der Waals surface area (Å²) in [5.41, 5.74) is 7.11. The van der Waals surface area contributed by atoms with Gasteiger partial charge in [0.25, 0.3) is 0 Å². The maximum absolute atomic E-state index is 5.72. The molecule has 0 unspecified atom stereocenters. The molecular weight excluding hydrogens is 368 g/mol. The fourth-order valence-corrected chi connectivity index (χ4v) is 3.68. The van der Waals surface area contributed by atoms with Crippen molar-refractivity contribution in [1.29, 1.82) is 0 Å². The molecule has 0 saturated heterocycles. The van der Waals surface area contributed by atoms with E-state index in [0.29, 0.717) is 0 Å². The molecule has 0 radical (unpaired) electrons. The molecule has 140 valence electrons. The first-order valence-electron chi connectivity index (χ1n) is 8.82. The molecule has 4 aromatic rings. The van der Waals surface area contributed by atoms with Gasteiger partial charge in [0.05, 0.1) is 7.11 Å². The number of methoxy groups -OCH3 is 1. The molecule has 2 aromatic carbocycles. The molecule has 28 heavy (non-hydrogen) atoms. The molecule has 0 fully saturated rings. The number of H-pyrrole nitrogens is 1. The van der Waals surface area contributed by atoms with Crippen LogP contribution < -0.4 is 9.88 Å². The van der Waals surface area contributed by atoms with E-state index in [-0.39, 0.29) is 0 Å². The van der Waals surface area contributed by atoms with Gasteiger partial charge in [-0.1, -0.05) is 24.3 Å². The fourth-order valence-electron chi connectivity index (χ4n) is 3.32. The molecule has 0 spiro atoms. The van der Waals surface area contributed by atoms with Gasteiger partial charge in [-0.25, -0.2) is 0 Å². The lowest BCUT2D eigenvalue weighted by atomic mass is 9.96. The third-order valence-electron chi connectivity index (χ3n) is 4.67. The van der Waals surface area contributed by atoms with Crippen molar-refractivity contribution in [3.63, 3.8) is 0 Å². The Bertz CT molecular complexity index is 1110. The molecule has 0 aliphatic heterocycles. The predicted molar refractivity (Wildman–Crippen MR) is 114 cm³/mol. The number of rotatable bonds is 5. The molecule has 2 aromatic heterocycles. The standard InChI is InChI=1S/C22H20N4OS/c1-14-21(22(26-25-14)15-8-10-24-11-9-15)17-6-7-19(20(13-17)27-2)16-4-3-5-18(12-16)28-23/h3-13H,23H2,1-2H3,(H,25,26). The summed E-state index contributed by atoms with van der Waals surface area (Å²) in [6, 6.07) is 18.3. The van der Waals surface area contributed by atoms with Gasteiger partial charge in [-0.2, -0.15) is 5.10 Å². The molecule has 2 heterocycles. The molecular formula is C22H20N4OS. The van der Waals surface area contributed by atoms with Crippen LogP contribution in [0, 0.1) is 6.92 Å². The second-order valence-corrected chi connectivity index (χ2v) is 7.08. The number of nitrogens with zero attached hydrogens (tertiary/aromatic N) is 2. The number of nitrogens with two attached hydrogens (primary N) is 1. The Kier molecular flexibility index (Phi) is 5.14. The van der Waals surface area contributed by atoms with Gasteiger partial charge in [0, 0.05) is 39.7 Å². The minimum atomic E-state index is 0.804. The molecule has 6 heteroatoms. The summed E-state index contributed by atoms with van der Waals surface area (Å²) in [4.78, 5) is 5.11. The summed E-state index contributed by atoms with van der Waals surface area (Å²) >= 11 is 1.24. The number of aryl methyl sites for hydroxylation is 1. The number of hydrogen-bond donors (Lipinski definition) is 2. The zero-order chi connectivity index (χ0) is 19.5. The lowest BCUT2D eigenvalue weighted by Crippen LogP contribution is -1.91. The van der Waals surface area contributed by atoms with E-state index in [2.05, 4.69) is 45.5 Å². The summed E-state index contributed by atoms with van der Waals surface area (Å²) in [5, 5.41) is 13.3. The van der Waals surface area contributed by atoms with Crippen LogP contribution in [0.3, 0.4) is 0 Å². The van der Waals surface area contributed by atoms with Crippen LogP contribution in [0.4, 0.5) is 0 Å². The van der Waals surface area contributed by atoms with Gasteiger partial charge in [-0.3, -0.25) is 15.2 Å². The van der Waals surface area contributed by atoms with Gasteiger partial charge in [-0.05, 0) is 60.3 Å². The van der Waals surface area contributed by atoms with E-state index in [1.807, 2.05) is 31.2 Å². The van der Waals surface area contributed by atoms with E-state index in [4.69, 9.17) is 9.88 Å². The lowest BCUT2D eigenvalue weighted by molar-refractivity contribution is 0.416. The Balaban J connectivity index is 1.82. The maximum Gasteiger partial charge on any atom is 0.127 e. The van der Waals surface area contributed by atoms with Gasteiger partial charge in [0.15, 0.2) is 0 Å².